The predicted molar refractivity (Wildman–Crippen MR) is 79.5 cm³/mol. The second kappa shape index (κ2) is 6.76. The number of nitrogens with one attached hydrogen (secondary N) is 1. The highest BCUT2D eigenvalue weighted by atomic mass is 79.9. The highest BCUT2D eigenvalue weighted by Crippen LogP contribution is 2.30. The van der Waals surface area contributed by atoms with Crippen LogP contribution < -0.4 is 10.5 Å². The quantitative estimate of drug-likeness (QED) is 0.502. The molecule has 0 aliphatic rings. The number of hydrogen-bond donors (Lipinski definition) is 1. The summed E-state index contributed by atoms with van der Waals surface area (Å²) >= 11 is 3.07. The number of rotatable bonds is 4. The summed E-state index contributed by atoms with van der Waals surface area (Å²) in [5.74, 6) is -1.35. The van der Waals surface area contributed by atoms with Gasteiger partial charge in [0.25, 0.3) is 11.6 Å². The van der Waals surface area contributed by atoms with E-state index in [1.54, 1.807) is 12.1 Å². The molecule has 9 heteroatoms. The Morgan fingerprint density at radius 2 is 2.18 bits per heavy atom. The second-order valence-electron chi connectivity index (χ2n) is 4.01. The van der Waals surface area contributed by atoms with Gasteiger partial charge < -0.3 is 5.11 Å². The van der Waals surface area contributed by atoms with Crippen molar-refractivity contribution in [1.29, 1.82) is 0 Å². The van der Waals surface area contributed by atoms with E-state index >= 15 is 0 Å². The number of hydrogen-bond acceptors (Lipinski definition) is 6. The smallest absolute Gasteiger partial charge is 0.289 e. The third-order valence-electron chi connectivity index (χ3n) is 2.53. The first-order valence-corrected chi connectivity index (χ1v) is 6.67. The Labute approximate surface area is 132 Å². The Hall–Kier alpha value is -2.81. The number of carbonyl (C=O) groups excluding carboxylic acids is 1. The maximum Gasteiger partial charge on any atom is 0.289 e. The molecule has 0 fully saturated rings. The Bertz CT molecular complexity index is 749. The van der Waals surface area contributed by atoms with E-state index in [9.17, 15) is 20.0 Å². The van der Waals surface area contributed by atoms with Crippen LogP contribution in [0.5, 0.6) is 5.75 Å². The van der Waals surface area contributed by atoms with Gasteiger partial charge in [0.05, 0.1) is 11.1 Å². The van der Waals surface area contributed by atoms with Crippen LogP contribution in [0.1, 0.15) is 16.1 Å². The fourth-order valence-electron chi connectivity index (χ4n) is 1.55. The molecule has 0 aliphatic heterocycles. The van der Waals surface area contributed by atoms with E-state index in [0.717, 1.165) is 12.3 Å². The number of pyridine rings is 1. The van der Waals surface area contributed by atoms with Crippen LogP contribution >= 0.6 is 15.9 Å². The van der Waals surface area contributed by atoms with Gasteiger partial charge in [-0.1, -0.05) is 22.0 Å². The number of halogens is 1. The van der Waals surface area contributed by atoms with Crippen LogP contribution in [0, 0.1) is 10.1 Å². The molecule has 2 rings (SSSR count). The minimum absolute atomic E-state index is 0.0256. The molecule has 1 aromatic carbocycles. The topological polar surface area (TPSA) is 121 Å². The first kappa shape index (κ1) is 15.6. The van der Waals surface area contributed by atoms with Crippen LogP contribution in [0.15, 0.2) is 46.1 Å². The van der Waals surface area contributed by atoms with Crippen molar-refractivity contribution in [2.75, 3.05) is 0 Å². The van der Waals surface area contributed by atoms with Crippen LogP contribution in [0.3, 0.4) is 0 Å². The molecule has 0 aliphatic carbocycles. The first-order valence-electron chi connectivity index (χ1n) is 5.88. The largest absolute Gasteiger partial charge is 0.867 e. The van der Waals surface area contributed by atoms with E-state index in [4.69, 9.17) is 0 Å². The molecule has 1 aromatic heterocycles. The molecule has 1 heterocycles. The van der Waals surface area contributed by atoms with E-state index in [0.29, 0.717) is 4.47 Å². The fraction of sp³-hybridized carbons (Fsp3) is 0. The number of aromatic nitrogens is 1. The van der Waals surface area contributed by atoms with Gasteiger partial charge >= 0.3 is 0 Å². The number of carbonyl (C=O) groups is 1. The van der Waals surface area contributed by atoms with Gasteiger partial charge in [-0.05, 0) is 29.5 Å². The predicted octanol–water partition coefficient (Wildman–Crippen LogP) is 1.59. The monoisotopic (exact) mass is 363 g/mol. The van der Waals surface area contributed by atoms with Gasteiger partial charge in [0.15, 0.2) is 0 Å². The molecule has 0 bridgehead atoms. The van der Waals surface area contributed by atoms with Crippen LogP contribution in [-0.2, 0) is 0 Å². The molecular weight excluding hydrogens is 356 g/mol. The van der Waals surface area contributed by atoms with Crippen molar-refractivity contribution in [3.63, 3.8) is 0 Å². The third-order valence-corrected chi connectivity index (χ3v) is 2.98. The van der Waals surface area contributed by atoms with Gasteiger partial charge in [0.1, 0.15) is 5.69 Å². The summed E-state index contributed by atoms with van der Waals surface area (Å²) in [5, 5.41) is 26.2. The lowest BCUT2D eigenvalue weighted by Crippen LogP contribution is -2.18. The maximum atomic E-state index is 11.8. The summed E-state index contributed by atoms with van der Waals surface area (Å²) in [4.78, 5) is 25.5. The van der Waals surface area contributed by atoms with E-state index in [1.165, 1.54) is 18.3 Å². The fourth-order valence-corrected chi connectivity index (χ4v) is 2.01. The van der Waals surface area contributed by atoms with Gasteiger partial charge in [-0.3, -0.25) is 19.9 Å². The van der Waals surface area contributed by atoms with Crippen molar-refractivity contribution in [2.24, 2.45) is 5.10 Å². The number of amides is 1. The minimum Gasteiger partial charge on any atom is -0.867 e. The molecule has 0 spiro atoms. The Balaban J connectivity index is 2.17. The summed E-state index contributed by atoms with van der Waals surface area (Å²) in [6.45, 7) is 0. The maximum absolute atomic E-state index is 11.8. The van der Waals surface area contributed by atoms with E-state index in [1.807, 2.05) is 0 Å². The van der Waals surface area contributed by atoms with E-state index in [2.05, 4.69) is 31.4 Å². The van der Waals surface area contributed by atoms with Crippen LogP contribution in [0.25, 0.3) is 0 Å². The van der Waals surface area contributed by atoms with Crippen molar-refractivity contribution in [2.45, 2.75) is 0 Å². The van der Waals surface area contributed by atoms with Crippen LogP contribution in [0.4, 0.5) is 5.69 Å². The van der Waals surface area contributed by atoms with Gasteiger partial charge in [0.2, 0.25) is 0 Å². The molecule has 22 heavy (non-hydrogen) atoms. The number of nitro benzene ring substituents is 1. The van der Waals surface area contributed by atoms with Crippen molar-refractivity contribution in [3.8, 4) is 5.75 Å². The summed E-state index contributed by atoms with van der Waals surface area (Å²) in [7, 11) is 0. The number of nitrogens with zero attached hydrogens (tertiary/aromatic N) is 3. The summed E-state index contributed by atoms with van der Waals surface area (Å²) in [6, 6.07) is 7.26. The number of nitro groups is 1. The Morgan fingerprint density at radius 1 is 1.41 bits per heavy atom. The molecule has 1 amide bonds. The van der Waals surface area contributed by atoms with Gasteiger partial charge in [0, 0.05) is 16.7 Å². The standard InChI is InChI=1S/C13H9BrN4O4/c14-9-5-8(12(19)11(6-9)18(21)22)7-16-17-13(20)10-3-1-2-4-15-10/h1-7,19H,(H,17,20)/p-1/b16-7-. The van der Waals surface area contributed by atoms with Crippen molar-refractivity contribution in [3.05, 3.63) is 62.4 Å². The first-order chi connectivity index (χ1) is 10.5. The zero-order chi connectivity index (χ0) is 16.1. The van der Waals surface area contributed by atoms with Gasteiger partial charge in [-0.25, -0.2) is 5.43 Å². The number of benzene rings is 1. The average molecular weight is 364 g/mol. The molecule has 8 nitrogen and oxygen atoms in total. The van der Waals surface area contributed by atoms with Gasteiger partial charge in [-0.15, -0.1) is 0 Å². The molecule has 0 radical (unpaired) electrons. The molecule has 112 valence electrons. The SMILES string of the molecule is O=C(N/N=C\c1cc(Br)cc([N+](=O)[O-])c1[O-])c1ccccn1. The molecule has 0 atom stereocenters. The normalized spacial score (nSPS) is 10.6. The molecular formula is C13H8BrN4O4-. The summed E-state index contributed by atoms with van der Waals surface area (Å²) < 4.78 is 0.358. The van der Waals surface area contributed by atoms with E-state index in [-0.39, 0.29) is 11.3 Å². The number of hydrazone groups is 1. The summed E-state index contributed by atoms with van der Waals surface area (Å²) in [5.41, 5.74) is 1.74. The summed E-state index contributed by atoms with van der Waals surface area (Å²) in [6.07, 6.45) is 2.49. The highest BCUT2D eigenvalue weighted by Gasteiger charge is 2.11. The average Bonchev–Trinajstić information content (AvgIpc) is 2.50. The Morgan fingerprint density at radius 3 is 2.82 bits per heavy atom. The molecule has 1 N–H and O–H groups in total. The lowest BCUT2D eigenvalue weighted by molar-refractivity contribution is -0.398. The van der Waals surface area contributed by atoms with E-state index < -0.39 is 22.3 Å². The van der Waals surface area contributed by atoms with Gasteiger partial charge in [-0.2, -0.15) is 5.10 Å². The highest BCUT2D eigenvalue weighted by molar-refractivity contribution is 9.10. The second-order valence-corrected chi connectivity index (χ2v) is 4.93. The van der Waals surface area contributed by atoms with Crippen LogP contribution in [0.2, 0.25) is 0 Å². The third kappa shape index (κ3) is 3.64. The molecule has 0 saturated heterocycles. The minimum atomic E-state index is -0.788. The molecule has 0 saturated carbocycles. The van der Waals surface area contributed by atoms with Crippen LogP contribution in [-0.4, -0.2) is 22.0 Å². The zero-order valence-electron chi connectivity index (χ0n) is 10.9. The Kier molecular flexibility index (Phi) is 4.79. The lowest BCUT2D eigenvalue weighted by Gasteiger charge is -2.10. The molecule has 2 aromatic rings. The van der Waals surface area contributed by atoms with Crippen molar-refractivity contribution >= 4 is 33.7 Å². The van der Waals surface area contributed by atoms with Crippen molar-refractivity contribution in [1.82, 2.24) is 10.4 Å². The molecule has 0 unspecified atom stereocenters. The van der Waals surface area contributed by atoms with Crippen molar-refractivity contribution < 1.29 is 14.8 Å². The zero-order valence-corrected chi connectivity index (χ0v) is 12.5. The lowest BCUT2D eigenvalue weighted by atomic mass is 10.2.